The Morgan fingerprint density at radius 3 is 2.28 bits per heavy atom. The van der Waals surface area contributed by atoms with Crippen LogP contribution in [0, 0.1) is 5.41 Å². The minimum Gasteiger partial charge on any atom is -0.295 e. The van der Waals surface area contributed by atoms with E-state index in [1.807, 2.05) is 17.7 Å². The molecule has 0 aliphatic carbocycles. The molecule has 4 heteroatoms. The molecule has 1 rings (SSSR count). The molecule has 0 aliphatic rings. The zero-order valence-electron chi connectivity index (χ0n) is 12.0. The predicted octanol–water partition coefficient (Wildman–Crippen LogP) is 1.60. The Labute approximate surface area is 117 Å². The summed E-state index contributed by atoms with van der Waals surface area (Å²) in [6.45, 7) is 9.28. The molecule has 0 aliphatic heterocycles. The van der Waals surface area contributed by atoms with Crippen LogP contribution in [-0.2, 0) is 13.6 Å². The number of alkyl halides is 1. The van der Waals surface area contributed by atoms with Crippen molar-refractivity contribution in [3.05, 3.63) is 21.2 Å². The Bertz CT molecular complexity index is 573. The van der Waals surface area contributed by atoms with E-state index in [1.54, 1.807) is 4.57 Å². The molecule has 0 radical (unpaired) electrons. The van der Waals surface area contributed by atoms with Gasteiger partial charge in [0.15, 0.2) is 0 Å². The van der Waals surface area contributed by atoms with Crippen molar-refractivity contribution < 1.29 is 0 Å². The third-order valence-electron chi connectivity index (χ3n) is 2.73. The van der Waals surface area contributed by atoms with Gasteiger partial charge in [-0.1, -0.05) is 49.7 Å². The van der Waals surface area contributed by atoms with Crippen LogP contribution in [0.4, 0.5) is 0 Å². The molecule has 0 saturated carbocycles. The maximum Gasteiger partial charge on any atom is 0.328 e. The quantitative estimate of drug-likeness (QED) is 0.779. The zero-order valence-corrected chi connectivity index (χ0v) is 13.5. The first-order valence-corrected chi connectivity index (χ1v) is 7.46. The van der Waals surface area contributed by atoms with Crippen LogP contribution in [0.25, 0.3) is 12.2 Å². The maximum absolute atomic E-state index is 12.3. The van der Waals surface area contributed by atoms with E-state index >= 15 is 0 Å². The summed E-state index contributed by atoms with van der Waals surface area (Å²) in [7, 11) is 1.84. The van der Waals surface area contributed by atoms with Gasteiger partial charge in [0.2, 0.25) is 0 Å². The van der Waals surface area contributed by atoms with Crippen LogP contribution in [0.5, 0.6) is 0 Å². The van der Waals surface area contributed by atoms with Gasteiger partial charge >= 0.3 is 5.69 Å². The number of imidazole rings is 1. The average Bonchev–Trinajstić information content (AvgIpc) is 2.45. The summed E-state index contributed by atoms with van der Waals surface area (Å²) in [6.07, 6.45) is 5.10. The topological polar surface area (TPSA) is 26.9 Å². The highest BCUT2D eigenvalue weighted by Crippen LogP contribution is 2.13. The molecule has 0 aromatic carbocycles. The van der Waals surface area contributed by atoms with Crippen LogP contribution < -0.4 is 16.4 Å². The molecule has 0 atom stereocenters. The van der Waals surface area contributed by atoms with Gasteiger partial charge < -0.3 is 0 Å². The van der Waals surface area contributed by atoms with Crippen LogP contribution in [0.15, 0.2) is 4.79 Å². The van der Waals surface area contributed by atoms with Gasteiger partial charge in [-0.3, -0.25) is 9.13 Å². The lowest BCUT2D eigenvalue weighted by molar-refractivity contribution is 0.333. The minimum absolute atomic E-state index is 0.0665. The summed E-state index contributed by atoms with van der Waals surface area (Å²) in [5.74, 6) is 0. The zero-order chi connectivity index (χ0) is 13.9. The number of hydrogen-bond donors (Lipinski definition) is 0. The van der Waals surface area contributed by atoms with Crippen LogP contribution in [0.3, 0.4) is 0 Å². The van der Waals surface area contributed by atoms with E-state index in [4.69, 9.17) is 0 Å². The number of halogens is 1. The van der Waals surface area contributed by atoms with Crippen molar-refractivity contribution in [1.29, 1.82) is 0 Å². The number of rotatable bonds is 3. The fourth-order valence-corrected chi connectivity index (χ4v) is 2.35. The largest absolute Gasteiger partial charge is 0.328 e. The van der Waals surface area contributed by atoms with Gasteiger partial charge in [-0.25, -0.2) is 4.79 Å². The Kier molecular flexibility index (Phi) is 5.02. The predicted molar refractivity (Wildman–Crippen MR) is 81.4 cm³/mol. The molecule has 0 fully saturated rings. The average molecular weight is 315 g/mol. The fourth-order valence-electron chi connectivity index (χ4n) is 2.05. The van der Waals surface area contributed by atoms with Crippen LogP contribution in [0.2, 0.25) is 0 Å². The van der Waals surface area contributed by atoms with Crippen molar-refractivity contribution in [2.24, 2.45) is 12.5 Å². The van der Waals surface area contributed by atoms with Gasteiger partial charge in [-0.2, -0.15) is 0 Å². The molecular formula is C14H23BrN2O. The highest BCUT2D eigenvalue weighted by molar-refractivity contribution is 9.09. The fraction of sp³-hybridized carbons (Fsp3) is 0.643. The Balaban J connectivity index is 3.62. The Hall–Kier alpha value is -0.770. The third kappa shape index (κ3) is 3.37. The van der Waals surface area contributed by atoms with Gasteiger partial charge in [0.1, 0.15) is 0 Å². The van der Waals surface area contributed by atoms with Gasteiger partial charge in [0.05, 0.1) is 10.7 Å². The summed E-state index contributed by atoms with van der Waals surface area (Å²) >= 11 is 3.41. The molecule has 102 valence electrons. The molecule has 0 amide bonds. The van der Waals surface area contributed by atoms with Crippen LogP contribution in [0.1, 0.15) is 34.1 Å². The highest BCUT2D eigenvalue weighted by atomic mass is 79.9. The Morgan fingerprint density at radius 2 is 1.83 bits per heavy atom. The smallest absolute Gasteiger partial charge is 0.295 e. The van der Waals surface area contributed by atoms with Gasteiger partial charge in [0.25, 0.3) is 0 Å². The molecule has 0 bridgehead atoms. The third-order valence-corrected chi connectivity index (χ3v) is 3.06. The summed E-state index contributed by atoms with van der Waals surface area (Å²) in [5, 5.41) is 2.80. The minimum atomic E-state index is 0.0665. The maximum atomic E-state index is 12.3. The van der Waals surface area contributed by atoms with Gasteiger partial charge in [-0.05, 0) is 17.9 Å². The molecule has 0 N–H and O–H groups in total. The molecular weight excluding hydrogens is 292 g/mol. The molecule has 0 unspecified atom stereocenters. The first kappa shape index (κ1) is 15.3. The second kappa shape index (κ2) is 5.91. The number of aromatic nitrogens is 2. The summed E-state index contributed by atoms with van der Waals surface area (Å²) in [5.41, 5.74) is 0.157. The van der Waals surface area contributed by atoms with E-state index in [9.17, 15) is 4.79 Å². The second-order valence-corrected chi connectivity index (χ2v) is 6.38. The van der Waals surface area contributed by atoms with Crippen LogP contribution >= 0.6 is 15.9 Å². The van der Waals surface area contributed by atoms with E-state index in [2.05, 4.69) is 49.7 Å². The number of hydrogen-bond acceptors (Lipinski definition) is 1. The van der Waals surface area contributed by atoms with Crippen molar-refractivity contribution in [3.63, 3.8) is 0 Å². The van der Waals surface area contributed by atoms with E-state index in [0.717, 1.165) is 29.0 Å². The lowest BCUT2D eigenvalue weighted by Gasteiger charge is -2.18. The molecule has 0 saturated heterocycles. The highest BCUT2D eigenvalue weighted by Gasteiger charge is 2.15. The van der Waals surface area contributed by atoms with Crippen molar-refractivity contribution >= 4 is 28.1 Å². The van der Waals surface area contributed by atoms with E-state index in [-0.39, 0.29) is 11.1 Å². The summed E-state index contributed by atoms with van der Waals surface area (Å²) in [6, 6.07) is 0. The summed E-state index contributed by atoms with van der Waals surface area (Å²) < 4.78 is 3.62. The Morgan fingerprint density at radius 1 is 1.22 bits per heavy atom. The number of nitrogens with zero attached hydrogens (tertiary/aromatic N) is 2. The molecule has 1 aromatic rings. The van der Waals surface area contributed by atoms with E-state index < -0.39 is 0 Å². The van der Waals surface area contributed by atoms with Crippen molar-refractivity contribution in [3.8, 4) is 0 Å². The normalized spacial score (nSPS) is 14.6. The van der Waals surface area contributed by atoms with Crippen molar-refractivity contribution in [1.82, 2.24) is 9.13 Å². The van der Waals surface area contributed by atoms with Crippen molar-refractivity contribution in [2.45, 2.75) is 40.7 Å². The lowest BCUT2D eigenvalue weighted by Crippen LogP contribution is -2.36. The SMILES string of the molecule is CCC=c1c(=CCBr)n(C)c(=O)n1CC(C)(C)C. The monoisotopic (exact) mass is 314 g/mol. The van der Waals surface area contributed by atoms with E-state index in [1.165, 1.54) is 0 Å². The molecule has 3 nitrogen and oxygen atoms in total. The van der Waals surface area contributed by atoms with Crippen molar-refractivity contribution in [2.75, 3.05) is 5.33 Å². The second-order valence-electron chi connectivity index (χ2n) is 5.73. The first-order chi connectivity index (χ1) is 8.31. The molecule has 18 heavy (non-hydrogen) atoms. The van der Waals surface area contributed by atoms with Gasteiger partial charge in [0, 0.05) is 18.9 Å². The van der Waals surface area contributed by atoms with Gasteiger partial charge in [-0.15, -0.1) is 0 Å². The first-order valence-electron chi connectivity index (χ1n) is 6.33. The summed E-state index contributed by atoms with van der Waals surface area (Å²) in [4.78, 5) is 12.3. The van der Waals surface area contributed by atoms with Crippen LogP contribution in [-0.4, -0.2) is 14.5 Å². The molecule has 1 aromatic heterocycles. The molecule has 0 spiro atoms. The molecule has 1 heterocycles. The standard InChI is InChI=1S/C14H23BrN2O/c1-6-7-12-11(8-9-15)16(5)13(18)17(12)10-14(2,3)4/h7-8H,6,9-10H2,1-5H3. The van der Waals surface area contributed by atoms with E-state index in [0.29, 0.717) is 0 Å². The lowest BCUT2D eigenvalue weighted by atomic mass is 9.97.